The molecule has 0 aliphatic heterocycles. The maximum absolute atomic E-state index is 10.0. The third-order valence-electron chi connectivity index (χ3n) is 2.61. The van der Waals surface area contributed by atoms with E-state index in [4.69, 9.17) is 0 Å². The van der Waals surface area contributed by atoms with E-state index in [2.05, 4.69) is 29.3 Å². The van der Waals surface area contributed by atoms with Crippen LogP contribution in [-0.2, 0) is 12.8 Å². The molecule has 0 aromatic carbocycles. The minimum absolute atomic E-state index is 0.279. The van der Waals surface area contributed by atoms with Gasteiger partial charge >= 0.3 is 0 Å². The van der Waals surface area contributed by atoms with Crippen molar-refractivity contribution in [1.82, 2.24) is 14.8 Å². The number of hydrogen-bond acceptors (Lipinski definition) is 4. The van der Waals surface area contributed by atoms with E-state index in [1.807, 2.05) is 16.1 Å². The topological polar surface area (TPSA) is 50.9 Å². The summed E-state index contributed by atoms with van der Waals surface area (Å²) in [6, 6.07) is 2.32. The second kappa shape index (κ2) is 5.42. The maximum atomic E-state index is 10.0. The van der Waals surface area contributed by atoms with Crippen molar-refractivity contribution in [3.8, 4) is 0 Å². The minimum Gasteiger partial charge on any atom is -0.392 e. The Bertz CT molecular complexity index is 450. The Labute approximate surface area is 105 Å². The lowest BCUT2D eigenvalue weighted by Gasteiger charge is -2.12. The van der Waals surface area contributed by atoms with Crippen LogP contribution in [0.25, 0.3) is 0 Å². The van der Waals surface area contributed by atoms with Crippen molar-refractivity contribution in [2.75, 3.05) is 0 Å². The van der Waals surface area contributed by atoms with Gasteiger partial charge in [0.05, 0.1) is 6.10 Å². The summed E-state index contributed by atoms with van der Waals surface area (Å²) < 4.78 is 1.86. The van der Waals surface area contributed by atoms with Crippen molar-refractivity contribution < 1.29 is 5.11 Å². The lowest BCUT2D eigenvalue weighted by Crippen LogP contribution is -2.18. The van der Waals surface area contributed by atoms with Crippen LogP contribution < -0.4 is 0 Å². The highest BCUT2D eigenvalue weighted by Gasteiger charge is 2.13. The van der Waals surface area contributed by atoms with Crippen LogP contribution in [-0.4, -0.2) is 26.0 Å². The molecule has 17 heavy (non-hydrogen) atoms. The molecule has 4 nitrogen and oxygen atoms in total. The predicted molar refractivity (Wildman–Crippen MR) is 68.1 cm³/mol. The van der Waals surface area contributed by atoms with Crippen molar-refractivity contribution in [3.05, 3.63) is 34.5 Å². The zero-order valence-electron chi connectivity index (χ0n) is 10.1. The summed E-state index contributed by atoms with van der Waals surface area (Å²) in [6.45, 7) is 4.12. The van der Waals surface area contributed by atoms with Gasteiger partial charge in [0.15, 0.2) is 0 Å². The first-order chi connectivity index (χ1) is 8.16. The Morgan fingerprint density at radius 1 is 1.41 bits per heavy atom. The van der Waals surface area contributed by atoms with Crippen LogP contribution in [0.4, 0.5) is 0 Å². The average Bonchev–Trinajstić information content (AvgIpc) is 2.88. The Balaban J connectivity index is 1.98. The fourth-order valence-corrected chi connectivity index (χ4v) is 2.50. The molecule has 5 heteroatoms. The second-order valence-electron chi connectivity index (χ2n) is 4.41. The third kappa shape index (κ3) is 3.14. The molecule has 2 heterocycles. The van der Waals surface area contributed by atoms with Crippen LogP contribution in [0.15, 0.2) is 23.2 Å². The first-order valence-electron chi connectivity index (χ1n) is 5.74. The minimum atomic E-state index is -0.397. The summed E-state index contributed by atoms with van der Waals surface area (Å²) in [5.41, 5.74) is 1.18. The number of aliphatic hydroxyl groups is 1. The Morgan fingerprint density at radius 2 is 2.24 bits per heavy atom. The van der Waals surface area contributed by atoms with Crippen molar-refractivity contribution in [2.45, 2.75) is 38.8 Å². The van der Waals surface area contributed by atoms with E-state index in [0.717, 1.165) is 5.82 Å². The van der Waals surface area contributed by atoms with Gasteiger partial charge in [-0.25, -0.2) is 9.67 Å². The quantitative estimate of drug-likeness (QED) is 0.885. The molecule has 2 aromatic heterocycles. The van der Waals surface area contributed by atoms with E-state index in [9.17, 15) is 5.11 Å². The molecule has 0 saturated heterocycles. The summed E-state index contributed by atoms with van der Waals surface area (Å²) in [5.74, 6) is 0.850. The van der Waals surface area contributed by atoms with Crippen LogP contribution in [0.2, 0.25) is 0 Å². The lowest BCUT2D eigenvalue weighted by molar-refractivity contribution is 0.170. The van der Waals surface area contributed by atoms with E-state index in [1.165, 1.54) is 5.56 Å². The Morgan fingerprint density at radius 3 is 2.88 bits per heavy atom. The fourth-order valence-electron chi connectivity index (χ4n) is 1.82. The number of hydrogen-bond donors (Lipinski definition) is 1. The van der Waals surface area contributed by atoms with Crippen molar-refractivity contribution in [3.63, 3.8) is 0 Å². The summed E-state index contributed by atoms with van der Waals surface area (Å²) in [4.78, 5) is 4.20. The third-order valence-corrected chi connectivity index (χ3v) is 3.34. The van der Waals surface area contributed by atoms with Gasteiger partial charge in [0, 0.05) is 12.5 Å². The largest absolute Gasteiger partial charge is 0.392 e. The van der Waals surface area contributed by atoms with Crippen LogP contribution >= 0.6 is 11.3 Å². The van der Waals surface area contributed by atoms with Crippen molar-refractivity contribution in [2.24, 2.45) is 0 Å². The van der Waals surface area contributed by atoms with Gasteiger partial charge in [-0.3, -0.25) is 0 Å². The normalized spacial score (nSPS) is 13.2. The first-order valence-corrected chi connectivity index (χ1v) is 6.68. The molecule has 0 fully saturated rings. The van der Waals surface area contributed by atoms with Crippen molar-refractivity contribution >= 4 is 11.3 Å². The molecule has 2 rings (SSSR count). The average molecular weight is 251 g/mol. The molecule has 2 aromatic rings. The molecule has 1 atom stereocenters. The lowest BCUT2D eigenvalue weighted by atomic mass is 10.1. The highest BCUT2D eigenvalue weighted by atomic mass is 32.1. The van der Waals surface area contributed by atoms with Gasteiger partial charge in [0.2, 0.25) is 0 Å². The highest BCUT2D eigenvalue weighted by molar-refractivity contribution is 7.07. The van der Waals surface area contributed by atoms with E-state index in [0.29, 0.717) is 12.8 Å². The molecule has 0 aliphatic carbocycles. The maximum Gasteiger partial charge on any atom is 0.138 e. The first kappa shape index (κ1) is 12.3. The van der Waals surface area contributed by atoms with Gasteiger partial charge in [-0.15, -0.1) is 0 Å². The molecule has 0 saturated carbocycles. The van der Waals surface area contributed by atoms with E-state index in [1.54, 1.807) is 17.7 Å². The smallest absolute Gasteiger partial charge is 0.138 e. The van der Waals surface area contributed by atoms with Gasteiger partial charge in [-0.1, -0.05) is 0 Å². The predicted octanol–water partition coefficient (Wildman–Crippen LogP) is 2.07. The van der Waals surface area contributed by atoms with E-state index >= 15 is 0 Å². The Hall–Kier alpha value is -1.20. The molecule has 0 bridgehead atoms. The molecule has 0 spiro atoms. The number of aliphatic hydroxyl groups excluding tert-OH is 1. The molecule has 1 unspecified atom stereocenters. The number of thiophene rings is 1. The van der Waals surface area contributed by atoms with E-state index in [-0.39, 0.29) is 6.04 Å². The zero-order valence-corrected chi connectivity index (χ0v) is 10.9. The van der Waals surface area contributed by atoms with Gasteiger partial charge in [-0.2, -0.15) is 16.4 Å². The molecule has 1 N–H and O–H groups in total. The summed E-state index contributed by atoms with van der Waals surface area (Å²) in [6.07, 6.45) is 2.38. The fraction of sp³-hybridized carbons (Fsp3) is 0.500. The van der Waals surface area contributed by atoms with Gasteiger partial charge < -0.3 is 5.11 Å². The number of rotatable bonds is 5. The molecule has 0 radical (unpaired) electrons. The second-order valence-corrected chi connectivity index (χ2v) is 5.19. The summed E-state index contributed by atoms with van der Waals surface area (Å²) >= 11 is 1.65. The highest BCUT2D eigenvalue weighted by Crippen LogP contribution is 2.12. The standard InChI is InChI=1S/C12H17N3OS/c1-9(2)15-12(13-8-14-15)6-11(16)5-10-3-4-17-7-10/h3-4,7-9,11,16H,5-6H2,1-2H3. The van der Waals surface area contributed by atoms with Crippen LogP contribution in [0.3, 0.4) is 0 Å². The summed E-state index contributed by atoms with van der Waals surface area (Å²) in [7, 11) is 0. The molecule has 92 valence electrons. The van der Waals surface area contributed by atoms with Crippen LogP contribution in [0.1, 0.15) is 31.3 Å². The monoisotopic (exact) mass is 251 g/mol. The summed E-state index contributed by atoms with van der Waals surface area (Å²) in [5, 5.41) is 18.3. The van der Waals surface area contributed by atoms with Gasteiger partial charge in [0.25, 0.3) is 0 Å². The number of nitrogens with zero attached hydrogens (tertiary/aromatic N) is 3. The van der Waals surface area contributed by atoms with Gasteiger partial charge in [0.1, 0.15) is 12.2 Å². The number of aromatic nitrogens is 3. The SMILES string of the molecule is CC(C)n1ncnc1CC(O)Cc1ccsc1. The van der Waals surface area contributed by atoms with E-state index < -0.39 is 6.10 Å². The molecule has 0 aliphatic rings. The molecular formula is C12H17N3OS. The molecular weight excluding hydrogens is 234 g/mol. The molecule has 0 amide bonds. The van der Waals surface area contributed by atoms with Gasteiger partial charge in [-0.05, 0) is 42.7 Å². The van der Waals surface area contributed by atoms with Crippen LogP contribution in [0, 0.1) is 0 Å². The van der Waals surface area contributed by atoms with Crippen molar-refractivity contribution in [1.29, 1.82) is 0 Å². The Kier molecular flexibility index (Phi) is 3.91. The zero-order chi connectivity index (χ0) is 12.3. The van der Waals surface area contributed by atoms with Crippen LogP contribution in [0.5, 0.6) is 0 Å².